The number of hydrogen-bond acceptors (Lipinski definition) is 4. The first kappa shape index (κ1) is 42.4. The van der Waals surface area contributed by atoms with E-state index < -0.39 is 0 Å². The Labute approximate surface area is 389 Å². The van der Waals surface area contributed by atoms with E-state index in [-0.39, 0.29) is 11.8 Å². The Bertz CT molecular complexity index is 3440. The van der Waals surface area contributed by atoms with Crippen LogP contribution in [0.15, 0.2) is 187 Å². The number of anilines is 6. The molecule has 0 fully saturated rings. The molecule has 10 rings (SSSR count). The van der Waals surface area contributed by atoms with Crippen LogP contribution in [0.3, 0.4) is 0 Å². The minimum atomic E-state index is 0.222. The maximum atomic E-state index is 6.99. The number of rotatable bonds is 10. The van der Waals surface area contributed by atoms with Crippen LogP contribution >= 0.6 is 0 Å². The Kier molecular flexibility index (Phi) is 11.0. The van der Waals surface area contributed by atoms with E-state index in [9.17, 15) is 0 Å². The van der Waals surface area contributed by atoms with Crippen LogP contribution in [0.2, 0.25) is 0 Å². The summed E-state index contributed by atoms with van der Waals surface area (Å²) in [6.45, 7) is 24.3. The molecule has 0 bridgehead atoms. The fourth-order valence-electron chi connectivity index (χ4n) is 9.96. The van der Waals surface area contributed by atoms with Crippen LogP contribution in [-0.2, 0) is 6.42 Å². The normalized spacial score (nSPS) is 14.4. The zero-order valence-electron chi connectivity index (χ0n) is 39.1. The largest absolute Gasteiger partial charge is 0.455 e. The van der Waals surface area contributed by atoms with Crippen LogP contribution in [0.1, 0.15) is 62.6 Å². The van der Waals surface area contributed by atoms with E-state index in [4.69, 9.17) is 9.15 Å². The molecule has 0 saturated carbocycles. The molecule has 66 heavy (non-hydrogen) atoms. The van der Waals surface area contributed by atoms with Crippen molar-refractivity contribution in [3.8, 4) is 5.75 Å². The van der Waals surface area contributed by atoms with Crippen LogP contribution in [-0.4, -0.2) is 0 Å². The van der Waals surface area contributed by atoms with E-state index in [0.29, 0.717) is 5.76 Å². The molecule has 0 N–H and O–H groups in total. The van der Waals surface area contributed by atoms with Gasteiger partial charge >= 0.3 is 0 Å². The van der Waals surface area contributed by atoms with E-state index in [1.54, 1.807) is 0 Å². The maximum absolute atomic E-state index is 6.99. The summed E-state index contributed by atoms with van der Waals surface area (Å²) in [6, 6.07) is 48.4. The summed E-state index contributed by atoms with van der Waals surface area (Å²) in [6.07, 6.45) is 11.5. The number of nitrogens with zero attached hydrogens (tertiary/aromatic N) is 2. The molecule has 1 aliphatic rings. The first-order valence-corrected chi connectivity index (χ1v) is 23.2. The molecule has 9 aromatic rings. The number of fused-ring (bicyclic) bond motifs is 2. The second-order valence-corrected chi connectivity index (χ2v) is 18.2. The summed E-state index contributed by atoms with van der Waals surface area (Å²) in [4.78, 5) is 4.77. The summed E-state index contributed by atoms with van der Waals surface area (Å²) < 4.78 is 13.9. The SMILES string of the molecule is C=C1Oc2c(cccc2N(c2ccccc2)c2cc(C)c3ccc4c(N(c5ccccc5)c5cccc6c(/C=C\C)c(C(=C)C(C)C)oc56)cc(C)c5ccc2c3c54)C/C=C\C=C/1C(C)C. The topological polar surface area (TPSA) is 28.9 Å². The van der Waals surface area contributed by atoms with Gasteiger partial charge < -0.3 is 19.0 Å². The van der Waals surface area contributed by atoms with Crippen molar-refractivity contribution >= 4 is 89.1 Å². The lowest BCUT2D eigenvalue weighted by Crippen LogP contribution is -2.14. The average Bonchev–Trinajstić information content (AvgIpc) is 3.72. The van der Waals surface area contributed by atoms with E-state index in [0.717, 1.165) is 96.1 Å². The number of ether oxygens (including phenoxy) is 1. The van der Waals surface area contributed by atoms with Crippen molar-refractivity contribution in [2.75, 3.05) is 9.80 Å². The summed E-state index contributed by atoms with van der Waals surface area (Å²) in [5, 5.41) is 8.29. The van der Waals surface area contributed by atoms with Crippen LogP contribution in [0, 0.1) is 25.7 Å². The Morgan fingerprint density at radius 3 is 1.77 bits per heavy atom. The van der Waals surface area contributed by atoms with Crippen LogP contribution in [0.25, 0.3) is 54.9 Å². The smallest absolute Gasteiger partial charge is 0.159 e. The third-order valence-electron chi connectivity index (χ3n) is 13.3. The van der Waals surface area contributed by atoms with E-state index >= 15 is 0 Å². The molecule has 0 spiro atoms. The van der Waals surface area contributed by atoms with Gasteiger partial charge in [-0.1, -0.05) is 156 Å². The molecule has 8 aromatic carbocycles. The van der Waals surface area contributed by atoms with Gasteiger partial charge in [-0.3, -0.25) is 0 Å². The van der Waals surface area contributed by atoms with Gasteiger partial charge in [0.2, 0.25) is 0 Å². The third kappa shape index (κ3) is 7.09. The van der Waals surface area contributed by atoms with Gasteiger partial charge in [-0.25, -0.2) is 0 Å². The van der Waals surface area contributed by atoms with Gasteiger partial charge in [0.05, 0.1) is 22.7 Å². The Hall–Kier alpha value is -7.56. The lowest BCUT2D eigenvalue weighted by Gasteiger charge is -2.31. The van der Waals surface area contributed by atoms with Crippen molar-refractivity contribution in [2.45, 2.75) is 54.9 Å². The second-order valence-electron chi connectivity index (χ2n) is 18.2. The van der Waals surface area contributed by atoms with E-state index in [2.05, 4.69) is 235 Å². The summed E-state index contributed by atoms with van der Waals surface area (Å²) >= 11 is 0. The molecule has 0 saturated heterocycles. The minimum Gasteiger partial charge on any atom is -0.455 e. The number of furan rings is 1. The molecule has 0 aliphatic carbocycles. The van der Waals surface area contributed by atoms with E-state index in [1.165, 1.54) is 32.7 Å². The van der Waals surface area contributed by atoms with Gasteiger partial charge in [0, 0.05) is 38.7 Å². The van der Waals surface area contributed by atoms with Crippen molar-refractivity contribution in [3.05, 3.63) is 210 Å². The van der Waals surface area contributed by atoms with Crippen molar-refractivity contribution in [3.63, 3.8) is 0 Å². The van der Waals surface area contributed by atoms with Gasteiger partial charge in [0.1, 0.15) is 11.5 Å². The molecule has 0 amide bonds. The van der Waals surface area contributed by atoms with Gasteiger partial charge in [0.15, 0.2) is 11.3 Å². The predicted molar refractivity (Wildman–Crippen MR) is 283 cm³/mol. The molecule has 1 aliphatic heterocycles. The molecule has 0 atom stereocenters. The van der Waals surface area contributed by atoms with Crippen LogP contribution in [0.5, 0.6) is 5.75 Å². The maximum Gasteiger partial charge on any atom is 0.159 e. The van der Waals surface area contributed by atoms with Gasteiger partial charge in [-0.15, -0.1) is 0 Å². The molecule has 4 nitrogen and oxygen atoms in total. The van der Waals surface area contributed by atoms with Crippen molar-refractivity contribution < 1.29 is 9.15 Å². The molecule has 1 aromatic heterocycles. The zero-order chi connectivity index (χ0) is 45.8. The zero-order valence-corrected chi connectivity index (χ0v) is 39.1. The minimum absolute atomic E-state index is 0.222. The highest BCUT2D eigenvalue weighted by Crippen LogP contribution is 2.52. The summed E-state index contributed by atoms with van der Waals surface area (Å²) in [7, 11) is 0. The van der Waals surface area contributed by atoms with Crippen molar-refractivity contribution in [1.82, 2.24) is 0 Å². The number of benzene rings is 8. The Morgan fingerprint density at radius 1 is 0.636 bits per heavy atom. The fourth-order valence-corrected chi connectivity index (χ4v) is 9.96. The second kappa shape index (κ2) is 17.1. The Morgan fingerprint density at radius 2 is 1.20 bits per heavy atom. The third-order valence-corrected chi connectivity index (χ3v) is 13.3. The van der Waals surface area contributed by atoms with Gasteiger partial charge in [0.25, 0.3) is 0 Å². The number of allylic oxidation sites excluding steroid dienone is 6. The lowest BCUT2D eigenvalue weighted by molar-refractivity contribution is 0.424. The average molecular weight is 861 g/mol. The van der Waals surface area contributed by atoms with Gasteiger partial charge in [-0.2, -0.15) is 0 Å². The van der Waals surface area contributed by atoms with Crippen molar-refractivity contribution in [1.29, 1.82) is 0 Å². The van der Waals surface area contributed by atoms with E-state index in [1.807, 2.05) is 0 Å². The molecule has 0 radical (unpaired) electrons. The number of aryl methyl sites for hydroxylation is 2. The monoisotopic (exact) mass is 860 g/mol. The molecular formula is C62H56N2O2. The lowest BCUT2D eigenvalue weighted by atomic mass is 9.88. The summed E-state index contributed by atoms with van der Waals surface area (Å²) in [5.74, 6) is 2.78. The number of para-hydroxylation sites is 4. The molecule has 326 valence electrons. The van der Waals surface area contributed by atoms with Gasteiger partial charge in [-0.05, 0) is 131 Å². The van der Waals surface area contributed by atoms with Crippen LogP contribution in [0.4, 0.5) is 34.1 Å². The first-order valence-electron chi connectivity index (χ1n) is 23.2. The molecule has 2 heterocycles. The highest BCUT2D eigenvalue weighted by Gasteiger charge is 2.28. The standard InChI is InChI=1S/C62H56N2O2/c1-10-21-50-51-29-20-31-55(62(51)66-60(50)42(8)38(2)3)64(46-26-15-12-16-27-46)57-37-41(7)49-32-34-52-56(36-40(6)48-33-35-53(57)59(49)58(48)52)63(45-24-13-11-14-25-45)54-30-19-23-44-22-17-18-28-47(39(4)5)43(9)65-61(44)54/h10-21,23-39H,8-9,22H2,1-7H3/b18-17-,21-10-,47-28-. The highest BCUT2D eigenvalue weighted by atomic mass is 16.5. The molecular weight excluding hydrogens is 805 g/mol. The van der Waals surface area contributed by atoms with Crippen molar-refractivity contribution in [2.24, 2.45) is 11.8 Å². The highest BCUT2D eigenvalue weighted by molar-refractivity contribution is 6.29. The molecule has 0 unspecified atom stereocenters. The molecule has 4 heteroatoms. The predicted octanol–water partition coefficient (Wildman–Crippen LogP) is 18.2. The first-order chi connectivity index (χ1) is 32.0. The summed E-state index contributed by atoms with van der Waals surface area (Å²) in [5.41, 5.74) is 13.6. The quantitative estimate of drug-likeness (QED) is 0.128. The Balaban J connectivity index is 1.25. The number of hydrogen-bond donors (Lipinski definition) is 0. The fraction of sp³-hybridized carbons (Fsp3) is 0.161. The van der Waals surface area contributed by atoms with Crippen LogP contribution < -0.4 is 14.5 Å².